The summed E-state index contributed by atoms with van der Waals surface area (Å²) in [5.41, 5.74) is 2.84. The second-order valence-corrected chi connectivity index (χ2v) is 7.94. The average molecular weight is 469 g/mol. The molecule has 0 saturated heterocycles. The second kappa shape index (κ2) is 10.9. The van der Waals surface area contributed by atoms with Gasteiger partial charge in [0.05, 0.1) is 12.1 Å². The van der Waals surface area contributed by atoms with Gasteiger partial charge in [-0.1, -0.05) is 53.0 Å². The van der Waals surface area contributed by atoms with Crippen molar-refractivity contribution < 1.29 is 13.9 Å². The third kappa shape index (κ3) is 6.26. The lowest BCUT2D eigenvalue weighted by molar-refractivity contribution is 0.284. The zero-order valence-corrected chi connectivity index (χ0v) is 18.6. The number of methoxy groups -OCH3 is 1. The van der Waals surface area contributed by atoms with E-state index in [4.69, 9.17) is 44.3 Å². The first-order chi connectivity index (χ1) is 14.5. The third-order valence-corrected chi connectivity index (χ3v) is 5.37. The van der Waals surface area contributed by atoms with Crippen molar-refractivity contribution in [3.8, 4) is 11.5 Å². The van der Waals surface area contributed by atoms with Crippen LogP contribution in [0.3, 0.4) is 0 Å². The van der Waals surface area contributed by atoms with Crippen molar-refractivity contribution >= 4 is 34.8 Å². The molecule has 0 bridgehead atoms. The minimum absolute atomic E-state index is 0.260. The van der Waals surface area contributed by atoms with Crippen molar-refractivity contribution in [3.63, 3.8) is 0 Å². The maximum absolute atomic E-state index is 13.0. The number of halogens is 4. The maximum Gasteiger partial charge on any atom is 0.180 e. The molecule has 30 heavy (non-hydrogen) atoms. The number of ether oxygens (including phenoxy) is 2. The van der Waals surface area contributed by atoms with Crippen LogP contribution in [0.15, 0.2) is 54.6 Å². The highest BCUT2D eigenvalue weighted by atomic mass is 35.5. The fraction of sp³-hybridized carbons (Fsp3) is 0.217. The molecule has 3 aromatic rings. The van der Waals surface area contributed by atoms with E-state index in [0.29, 0.717) is 33.1 Å². The van der Waals surface area contributed by atoms with Gasteiger partial charge in [0.25, 0.3) is 0 Å². The van der Waals surface area contributed by atoms with Gasteiger partial charge in [0.15, 0.2) is 11.5 Å². The lowest BCUT2D eigenvalue weighted by atomic mass is 10.1. The maximum atomic E-state index is 13.0. The van der Waals surface area contributed by atoms with Gasteiger partial charge in [-0.15, -0.1) is 0 Å². The van der Waals surface area contributed by atoms with E-state index in [2.05, 4.69) is 5.32 Å². The zero-order chi connectivity index (χ0) is 21.5. The van der Waals surface area contributed by atoms with Crippen LogP contribution in [0, 0.1) is 5.82 Å². The van der Waals surface area contributed by atoms with E-state index < -0.39 is 0 Å². The van der Waals surface area contributed by atoms with E-state index >= 15 is 0 Å². The molecule has 7 heteroatoms. The minimum atomic E-state index is -0.287. The molecular formula is C23H21Cl3FNO2. The summed E-state index contributed by atoms with van der Waals surface area (Å²) >= 11 is 18.6. The molecular weight excluding hydrogens is 448 g/mol. The number of benzene rings is 3. The molecule has 3 nitrogen and oxygen atoms in total. The summed E-state index contributed by atoms with van der Waals surface area (Å²) in [5, 5.41) is 5.11. The van der Waals surface area contributed by atoms with E-state index in [1.807, 2.05) is 24.3 Å². The van der Waals surface area contributed by atoms with Gasteiger partial charge in [0.1, 0.15) is 12.4 Å². The van der Waals surface area contributed by atoms with Crippen molar-refractivity contribution in [1.82, 2.24) is 5.32 Å². The molecule has 0 aromatic heterocycles. The first-order valence-electron chi connectivity index (χ1n) is 9.34. The summed E-state index contributed by atoms with van der Waals surface area (Å²) < 4.78 is 24.3. The summed E-state index contributed by atoms with van der Waals surface area (Å²) in [6, 6.07) is 15.3. The molecule has 0 saturated carbocycles. The van der Waals surface area contributed by atoms with E-state index in [1.165, 1.54) is 12.1 Å². The minimum Gasteiger partial charge on any atom is -0.493 e. The predicted molar refractivity (Wildman–Crippen MR) is 121 cm³/mol. The number of hydrogen-bond acceptors (Lipinski definition) is 3. The topological polar surface area (TPSA) is 30.5 Å². The molecule has 0 aliphatic carbocycles. The van der Waals surface area contributed by atoms with Crippen molar-refractivity contribution in [1.29, 1.82) is 0 Å². The van der Waals surface area contributed by atoms with Crippen molar-refractivity contribution in [2.24, 2.45) is 0 Å². The Morgan fingerprint density at radius 1 is 0.900 bits per heavy atom. The van der Waals surface area contributed by atoms with Crippen molar-refractivity contribution in [3.05, 3.63) is 92.2 Å². The summed E-state index contributed by atoms with van der Waals surface area (Å²) in [5.74, 6) is 0.715. The molecule has 1 N–H and O–H groups in total. The Hall–Kier alpha value is -1.98. The molecule has 0 fully saturated rings. The van der Waals surface area contributed by atoms with E-state index in [-0.39, 0.29) is 12.4 Å². The lowest BCUT2D eigenvalue weighted by Gasteiger charge is -2.15. The average Bonchev–Trinajstić information content (AvgIpc) is 2.72. The Morgan fingerprint density at radius 2 is 1.67 bits per heavy atom. The highest BCUT2D eigenvalue weighted by molar-refractivity contribution is 6.35. The highest BCUT2D eigenvalue weighted by Crippen LogP contribution is 2.37. The van der Waals surface area contributed by atoms with Crippen LogP contribution >= 0.6 is 34.8 Å². The van der Waals surface area contributed by atoms with Crippen LogP contribution < -0.4 is 14.8 Å². The first-order valence-corrected chi connectivity index (χ1v) is 10.5. The monoisotopic (exact) mass is 467 g/mol. The van der Waals surface area contributed by atoms with Gasteiger partial charge in [0.2, 0.25) is 0 Å². The summed E-state index contributed by atoms with van der Waals surface area (Å²) in [4.78, 5) is 0. The van der Waals surface area contributed by atoms with Crippen LogP contribution in [0.1, 0.15) is 16.7 Å². The van der Waals surface area contributed by atoms with E-state index in [0.717, 1.165) is 29.7 Å². The van der Waals surface area contributed by atoms with Crippen LogP contribution in [0.4, 0.5) is 4.39 Å². The summed E-state index contributed by atoms with van der Waals surface area (Å²) in [6.07, 6.45) is 0.778. The lowest BCUT2D eigenvalue weighted by Crippen LogP contribution is -2.17. The van der Waals surface area contributed by atoms with Crippen LogP contribution in [0.2, 0.25) is 15.1 Å². The van der Waals surface area contributed by atoms with Gasteiger partial charge >= 0.3 is 0 Å². The Labute approximate surface area is 190 Å². The van der Waals surface area contributed by atoms with Gasteiger partial charge in [-0.25, -0.2) is 4.39 Å². The molecule has 0 aliphatic heterocycles. The molecule has 0 radical (unpaired) electrons. The van der Waals surface area contributed by atoms with Crippen molar-refractivity contribution in [2.45, 2.75) is 19.6 Å². The normalized spacial score (nSPS) is 10.8. The van der Waals surface area contributed by atoms with Crippen LogP contribution in [-0.4, -0.2) is 13.7 Å². The summed E-state index contributed by atoms with van der Waals surface area (Å²) in [6.45, 7) is 1.61. The van der Waals surface area contributed by atoms with E-state index in [9.17, 15) is 4.39 Å². The third-order valence-electron chi connectivity index (χ3n) is 4.50. The van der Waals surface area contributed by atoms with Crippen LogP contribution in [0.5, 0.6) is 11.5 Å². The smallest absolute Gasteiger partial charge is 0.180 e. The van der Waals surface area contributed by atoms with E-state index in [1.54, 1.807) is 25.3 Å². The first kappa shape index (κ1) is 22.7. The highest BCUT2D eigenvalue weighted by Gasteiger charge is 2.12. The van der Waals surface area contributed by atoms with Gasteiger partial charge in [-0.05, 0) is 66.1 Å². The molecule has 0 spiro atoms. The van der Waals surface area contributed by atoms with Crippen LogP contribution in [0.25, 0.3) is 0 Å². The van der Waals surface area contributed by atoms with Gasteiger partial charge in [-0.3, -0.25) is 0 Å². The predicted octanol–water partition coefficient (Wildman–Crippen LogP) is 6.71. The molecule has 3 aromatic carbocycles. The molecule has 0 atom stereocenters. The fourth-order valence-corrected chi connectivity index (χ4v) is 3.72. The molecule has 3 rings (SSSR count). The van der Waals surface area contributed by atoms with Crippen molar-refractivity contribution in [2.75, 3.05) is 13.7 Å². The molecule has 0 unspecified atom stereocenters. The SMILES string of the molecule is COc1cc(CNCCc2ccc(Cl)cc2Cl)cc(Cl)c1OCc1ccc(F)cc1. The molecule has 0 amide bonds. The fourth-order valence-electron chi connectivity index (χ4n) is 2.93. The Morgan fingerprint density at radius 3 is 2.37 bits per heavy atom. The standard InChI is InChI=1S/C23H21Cl3FNO2/c1-29-22-11-16(13-28-9-8-17-4-5-18(24)12-20(17)25)10-21(26)23(22)30-14-15-2-6-19(27)7-3-15/h2-7,10-12,28H,8-9,13-14H2,1H3. The Bertz CT molecular complexity index is 996. The van der Waals surface area contributed by atoms with Gasteiger partial charge < -0.3 is 14.8 Å². The largest absolute Gasteiger partial charge is 0.493 e. The Balaban J connectivity index is 1.58. The molecule has 0 aliphatic rings. The molecule has 0 heterocycles. The quantitative estimate of drug-likeness (QED) is 0.354. The zero-order valence-electron chi connectivity index (χ0n) is 16.4. The van der Waals surface area contributed by atoms with Gasteiger partial charge in [-0.2, -0.15) is 0 Å². The Kier molecular flexibility index (Phi) is 8.23. The second-order valence-electron chi connectivity index (χ2n) is 6.69. The van der Waals surface area contributed by atoms with Crippen LogP contribution in [-0.2, 0) is 19.6 Å². The molecule has 158 valence electrons. The number of nitrogens with one attached hydrogen (secondary N) is 1. The van der Waals surface area contributed by atoms with Gasteiger partial charge in [0, 0.05) is 16.6 Å². The summed E-state index contributed by atoms with van der Waals surface area (Å²) in [7, 11) is 1.57. The number of rotatable bonds is 9. The number of hydrogen-bond donors (Lipinski definition) is 1.